The quantitative estimate of drug-likeness (QED) is 0.279. The summed E-state index contributed by atoms with van der Waals surface area (Å²) < 4.78 is 5.03. The topological polar surface area (TPSA) is 132 Å². The van der Waals surface area contributed by atoms with Gasteiger partial charge in [0.15, 0.2) is 0 Å². The van der Waals surface area contributed by atoms with Crippen molar-refractivity contribution in [3.05, 3.63) is 35.4 Å². The number of ether oxygens (including phenoxy) is 1. The van der Waals surface area contributed by atoms with Gasteiger partial charge >= 0.3 is 11.9 Å². The number of amidine groups is 1. The molecule has 0 amide bonds. The van der Waals surface area contributed by atoms with Crippen LogP contribution >= 0.6 is 0 Å². The Morgan fingerprint density at radius 3 is 2.65 bits per heavy atom. The number of nitrogens with zero attached hydrogens (tertiary/aromatic N) is 2. The normalized spacial score (nSPS) is 26.2. The first kappa shape index (κ1) is 23.2. The number of piperidine rings is 1. The molecule has 170 valence electrons. The first-order valence-corrected chi connectivity index (χ1v) is 10.7. The van der Waals surface area contributed by atoms with Gasteiger partial charge in [-0.2, -0.15) is 0 Å². The number of nitrogens with one attached hydrogen (secondary N) is 2. The molecule has 0 aromatic heterocycles. The number of nitrogen functional groups attached to an aromatic ring is 1. The summed E-state index contributed by atoms with van der Waals surface area (Å²) in [4.78, 5) is 28.0. The van der Waals surface area contributed by atoms with E-state index in [0.29, 0.717) is 18.7 Å². The van der Waals surface area contributed by atoms with Gasteiger partial charge in [0, 0.05) is 56.3 Å². The molecular weight excluding hydrogens is 398 g/mol. The van der Waals surface area contributed by atoms with Gasteiger partial charge in [-0.25, -0.2) is 0 Å². The van der Waals surface area contributed by atoms with E-state index in [2.05, 4.69) is 10.2 Å². The number of carboxylic acid groups (broad SMARTS) is 1. The van der Waals surface area contributed by atoms with E-state index in [9.17, 15) is 14.7 Å². The Hall–Kier alpha value is -2.49. The molecule has 2 aliphatic heterocycles. The summed E-state index contributed by atoms with van der Waals surface area (Å²) in [5.74, 6) is -1.43. The van der Waals surface area contributed by atoms with Crippen LogP contribution in [0.15, 0.2) is 24.3 Å². The van der Waals surface area contributed by atoms with E-state index in [1.807, 2.05) is 36.1 Å². The Morgan fingerprint density at radius 2 is 2.03 bits per heavy atom. The number of piperazine rings is 1. The number of aliphatic carboxylic acids is 1. The number of rotatable bonds is 7. The van der Waals surface area contributed by atoms with Crippen LogP contribution in [0.3, 0.4) is 0 Å². The molecule has 5 N–H and O–H groups in total. The van der Waals surface area contributed by atoms with Gasteiger partial charge in [0.25, 0.3) is 0 Å². The van der Waals surface area contributed by atoms with Crippen molar-refractivity contribution in [3.8, 4) is 0 Å². The summed E-state index contributed by atoms with van der Waals surface area (Å²) in [6, 6.07) is 8.03. The third kappa shape index (κ3) is 5.41. The summed E-state index contributed by atoms with van der Waals surface area (Å²) in [6.45, 7) is 5.58. The Balaban J connectivity index is 1.86. The molecule has 0 bridgehead atoms. The molecular formula is C22H33N5O4. The molecule has 3 rings (SSSR count). The van der Waals surface area contributed by atoms with E-state index in [0.717, 1.165) is 31.6 Å². The number of carbonyl (C=O) groups is 2. The first-order chi connectivity index (χ1) is 14.8. The van der Waals surface area contributed by atoms with E-state index in [1.54, 1.807) is 0 Å². The number of nitrogens with two attached hydrogens (primary N) is 1. The second kappa shape index (κ2) is 10.2. The minimum absolute atomic E-state index is 0.0192. The average Bonchev–Trinajstić information content (AvgIpc) is 2.77. The second-order valence-corrected chi connectivity index (χ2v) is 8.45. The Labute approximate surface area is 183 Å². The van der Waals surface area contributed by atoms with Crippen LogP contribution in [0, 0.1) is 17.2 Å². The second-order valence-electron chi connectivity index (χ2n) is 8.45. The van der Waals surface area contributed by atoms with Crippen LogP contribution in [0.2, 0.25) is 0 Å². The minimum Gasteiger partial charge on any atom is -0.480 e. The number of hydrogen-bond acceptors (Lipinski definition) is 7. The standard InChI is InChI=1S/C22H33N5O4/c1-14(22(30)31-2)17-12-26(13-20(28)29)9-7-18(17)27-10-8-25-11-19(27)15-3-5-16(6-4-15)21(23)24/h3-6,14,17-19,25H,7-13H2,1-2H3,(H3,23,24)(H,28,29). The predicted octanol–water partition coefficient (Wildman–Crippen LogP) is 0.501. The van der Waals surface area contributed by atoms with Crippen molar-refractivity contribution in [2.75, 3.05) is 46.4 Å². The third-order valence-electron chi connectivity index (χ3n) is 6.60. The lowest BCUT2D eigenvalue weighted by molar-refractivity contribution is -0.149. The number of benzene rings is 1. The summed E-state index contributed by atoms with van der Waals surface area (Å²) in [5.41, 5.74) is 7.42. The van der Waals surface area contributed by atoms with E-state index in [1.165, 1.54) is 7.11 Å². The zero-order chi connectivity index (χ0) is 22.5. The van der Waals surface area contributed by atoms with Crippen molar-refractivity contribution >= 4 is 17.8 Å². The molecule has 2 aliphatic rings. The lowest BCUT2D eigenvalue weighted by Gasteiger charge is -2.49. The molecule has 2 heterocycles. The number of carboxylic acids is 1. The van der Waals surface area contributed by atoms with Gasteiger partial charge in [0.1, 0.15) is 5.84 Å². The highest BCUT2D eigenvalue weighted by Gasteiger charge is 2.42. The number of hydrogen-bond donors (Lipinski definition) is 4. The molecule has 4 atom stereocenters. The number of carbonyl (C=O) groups excluding carboxylic acids is 1. The van der Waals surface area contributed by atoms with E-state index in [-0.39, 0.29) is 42.3 Å². The van der Waals surface area contributed by atoms with Crippen molar-refractivity contribution in [2.24, 2.45) is 17.6 Å². The highest BCUT2D eigenvalue weighted by atomic mass is 16.5. The first-order valence-electron chi connectivity index (χ1n) is 10.7. The maximum Gasteiger partial charge on any atom is 0.317 e. The van der Waals surface area contributed by atoms with Crippen molar-refractivity contribution in [3.63, 3.8) is 0 Å². The van der Waals surface area contributed by atoms with Gasteiger partial charge in [-0.05, 0) is 12.0 Å². The van der Waals surface area contributed by atoms with Crippen LogP contribution in [0.4, 0.5) is 0 Å². The van der Waals surface area contributed by atoms with Crippen molar-refractivity contribution in [2.45, 2.75) is 25.4 Å². The Bertz CT molecular complexity index is 800. The van der Waals surface area contributed by atoms with E-state index in [4.69, 9.17) is 15.9 Å². The fourth-order valence-electron chi connectivity index (χ4n) is 4.95. The number of methoxy groups -OCH3 is 1. The molecule has 4 unspecified atom stereocenters. The van der Waals surface area contributed by atoms with Gasteiger partial charge in [-0.15, -0.1) is 0 Å². The summed E-state index contributed by atoms with van der Waals surface area (Å²) in [6.07, 6.45) is 0.793. The molecule has 0 saturated carbocycles. The van der Waals surface area contributed by atoms with E-state index >= 15 is 0 Å². The van der Waals surface area contributed by atoms with Crippen molar-refractivity contribution in [1.82, 2.24) is 15.1 Å². The van der Waals surface area contributed by atoms with Crippen LogP contribution in [-0.2, 0) is 14.3 Å². The highest BCUT2D eigenvalue weighted by Crippen LogP contribution is 2.35. The number of esters is 1. The monoisotopic (exact) mass is 431 g/mol. The molecule has 0 radical (unpaired) electrons. The van der Waals surface area contributed by atoms with Crippen LogP contribution in [0.1, 0.15) is 30.5 Å². The smallest absolute Gasteiger partial charge is 0.317 e. The molecule has 2 saturated heterocycles. The van der Waals surface area contributed by atoms with Crippen LogP contribution in [-0.4, -0.2) is 85.1 Å². The minimum atomic E-state index is -0.853. The summed E-state index contributed by atoms with van der Waals surface area (Å²) in [5, 5.41) is 20.3. The highest BCUT2D eigenvalue weighted by molar-refractivity contribution is 5.94. The maximum atomic E-state index is 12.4. The lowest BCUT2D eigenvalue weighted by Crippen LogP contribution is -2.59. The molecule has 9 nitrogen and oxygen atoms in total. The average molecular weight is 432 g/mol. The Kier molecular flexibility index (Phi) is 7.64. The van der Waals surface area contributed by atoms with Gasteiger partial charge in [-0.1, -0.05) is 31.2 Å². The van der Waals surface area contributed by atoms with Gasteiger partial charge < -0.3 is 20.9 Å². The van der Waals surface area contributed by atoms with Gasteiger partial charge in [-0.3, -0.25) is 24.8 Å². The lowest BCUT2D eigenvalue weighted by atomic mass is 9.80. The molecule has 0 spiro atoms. The SMILES string of the molecule is COC(=O)C(C)C1CN(CC(=O)O)CCC1N1CCNCC1c1ccc(C(=N)N)cc1. The zero-order valence-electron chi connectivity index (χ0n) is 18.2. The fraction of sp³-hybridized carbons (Fsp3) is 0.591. The van der Waals surface area contributed by atoms with Crippen LogP contribution in [0.5, 0.6) is 0 Å². The molecule has 31 heavy (non-hydrogen) atoms. The number of likely N-dealkylation sites (tertiary alicyclic amines) is 1. The Morgan fingerprint density at radius 1 is 1.32 bits per heavy atom. The molecule has 0 aliphatic carbocycles. The summed E-state index contributed by atoms with van der Waals surface area (Å²) >= 11 is 0. The maximum absolute atomic E-state index is 12.4. The van der Waals surface area contributed by atoms with Crippen molar-refractivity contribution < 1.29 is 19.4 Å². The van der Waals surface area contributed by atoms with E-state index < -0.39 is 5.97 Å². The van der Waals surface area contributed by atoms with Gasteiger partial charge in [0.05, 0.1) is 19.6 Å². The van der Waals surface area contributed by atoms with Gasteiger partial charge in [0.2, 0.25) is 0 Å². The van der Waals surface area contributed by atoms with Crippen LogP contribution < -0.4 is 11.1 Å². The van der Waals surface area contributed by atoms with Crippen molar-refractivity contribution in [1.29, 1.82) is 5.41 Å². The molecule has 2 fully saturated rings. The predicted molar refractivity (Wildman–Crippen MR) is 117 cm³/mol. The molecule has 9 heteroatoms. The largest absolute Gasteiger partial charge is 0.480 e. The zero-order valence-corrected chi connectivity index (χ0v) is 18.2. The molecule has 1 aromatic carbocycles. The summed E-state index contributed by atoms with van der Waals surface area (Å²) in [7, 11) is 1.40. The molecule has 1 aromatic rings. The van der Waals surface area contributed by atoms with Crippen LogP contribution in [0.25, 0.3) is 0 Å². The fourth-order valence-corrected chi connectivity index (χ4v) is 4.95. The third-order valence-corrected chi connectivity index (χ3v) is 6.60.